The van der Waals surface area contributed by atoms with Crippen molar-refractivity contribution in [3.63, 3.8) is 0 Å². The van der Waals surface area contributed by atoms with E-state index in [1.807, 2.05) is 0 Å². The summed E-state index contributed by atoms with van der Waals surface area (Å²) in [6, 6.07) is -1.08. The van der Waals surface area contributed by atoms with E-state index in [0.717, 1.165) is 57.8 Å². The predicted molar refractivity (Wildman–Crippen MR) is 214 cm³/mol. The molecule has 7 fully saturated rings. The zero-order chi connectivity index (χ0) is 40.5. The van der Waals surface area contributed by atoms with Crippen LogP contribution in [-0.4, -0.2) is 122 Å². The van der Waals surface area contributed by atoms with E-state index in [4.69, 9.17) is 14.3 Å². The Morgan fingerprint density at radius 2 is 1.70 bits per heavy atom. The summed E-state index contributed by atoms with van der Waals surface area (Å²) in [5.74, 6) is 1.08. The highest BCUT2D eigenvalue weighted by atomic mass is 16.7. The molecule has 4 N–H and O–H groups in total. The van der Waals surface area contributed by atoms with E-state index in [0.29, 0.717) is 42.1 Å². The summed E-state index contributed by atoms with van der Waals surface area (Å²) in [5, 5.41) is 29.8. The van der Waals surface area contributed by atoms with Crippen molar-refractivity contribution < 1.29 is 38.9 Å². The number of hydrogen-bond donors (Lipinski definition) is 4. The van der Waals surface area contributed by atoms with E-state index in [-0.39, 0.29) is 66.2 Å². The maximum atomic E-state index is 14.4. The quantitative estimate of drug-likeness (QED) is 0.185. The topological polar surface area (TPSA) is 150 Å². The monoisotopic (exact) mass is 789 g/mol. The minimum atomic E-state index is -0.851. The van der Waals surface area contributed by atoms with Crippen LogP contribution < -0.4 is 10.6 Å². The van der Waals surface area contributed by atoms with Crippen molar-refractivity contribution in [3.8, 4) is 0 Å². The van der Waals surface area contributed by atoms with Crippen molar-refractivity contribution >= 4 is 17.8 Å². The fourth-order valence-corrected chi connectivity index (χ4v) is 12.8. The number of amides is 2. The van der Waals surface area contributed by atoms with Crippen molar-refractivity contribution in [1.82, 2.24) is 20.6 Å². The van der Waals surface area contributed by atoms with Gasteiger partial charge in [0.1, 0.15) is 18.2 Å². The first kappa shape index (κ1) is 43.7. The van der Waals surface area contributed by atoms with Crippen LogP contribution in [0.25, 0.3) is 0 Å². The van der Waals surface area contributed by atoms with Crippen molar-refractivity contribution in [2.45, 2.75) is 160 Å². The summed E-state index contributed by atoms with van der Waals surface area (Å²) in [7, 11) is 7.36. The molecule has 12 nitrogen and oxygen atoms in total. The predicted octanol–water partition coefficient (Wildman–Crippen LogP) is 4.55. The third-order valence-corrected chi connectivity index (χ3v) is 16.3. The van der Waals surface area contributed by atoms with Gasteiger partial charge in [0.05, 0.1) is 25.9 Å². The number of esters is 1. The first-order chi connectivity index (χ1) is 26.7. The maximum absolute atomic E-state index is 14.4. The fourth-order valence-electron chi connectivity index (χ4n) is 12.8. The highest BCUT2D eigenvalue weighted by Gasteiger charge is 2.58. The molecular weight excluding hydrogens is 713 g/mol. The largest absolute Gasteiger partial charge is 0.467 e. The van der Waals surface area contributed by atoms with E-state index < -0.39 is 30.2 Å². The van der Waals surface area contributed by atoms with Crippen LogP contribution in [0, 0.1) is 58.7 Å². The molecule has 6 saturated carbocycles. The van der Waals surface area contributed by atoms with Crippen molar-refractivity contribution in [2.24, 2.45) is 58.7 Å². The van der Waals surface area contributed by atoms with Gasteiger partial charge >= 0.3 is 5.97 Å². The van der Waals surface area contributed by atoms with Crippen LogP contribution in [-0.2, 0) is 28.7 Å². The van der Waals surface area contributed by atoms with Gasteiger partial charge in [0.25, 0.3) is 0 Å². The van der Waals surface area contributed by atoms with Crippen LogP contribution in [0.2, 0.25) is 0 Å². The number of fused-ring (bicyclic) bond motifs is 2. The van der Waals surface area contributed by atoms with Crippen molar-refractivity contribution in [2.75, 3.05) is 41.5 Å². The van der Waals surface area contributed by atoms with Crippen molar-refractivity contribution in [1.29, 1.82) is 0 Å². The van der Waals surface area contributed by atoms with Gasteiger partial charge in [0.2, 0.25) is 11.8 Å². The summed E-state index contributed by atoms with van der Waals surface area (Å²) in [4.78, 5) is 50.0. The average Bonchev–Trinajstić information content (AvgIpc) is 3.56. The van der Waals surface area contributed by atoms with Gasteiger partial charge in [-0.3, -0.25) is 14.4 Å². The van der Waals surface area contributed by atoms with Gasteiger partial charge in [-0.25, -0.2) is 4.79 Å². The molecule has 15 atom stereocenters. The normalized spacial score (nSPS) is 40.0. The molecule has 0 radical (unpaired) electrons. The van der Waals surface area contributed by atoms with E-state index >= 15 is 0 Å². The molecule has 7 aliphatic rings. The molecule has 12 heteroatoms. The lowest BCUT2D eigenvalue weighted by atomic mass is 9.45. The Labute approximate surface area is 336 Å². The first-order valence-electron chi connectivity index (χ1n) is 22.3. The standard InChI is InChI=1S/C44H76N4O8/c1-25-34-21-31(44(34,3)4)22-35(25)45-42(52)39-38(26(2)50)37(24-49)56-48(39)23-28-15-12-16-33(40(28)54-7)29-18-30(20-32(19-29)47(5)6)41(51)46-36(43(53)55-8)17-27-13-10-9-11-14-27/h25-40,49-50H,9-24H2,1-8H3,(H,45,52)(H,46,51)/t25-,26-,28?,29?,30?,31+,32?,33?,34-,35-,36+,37-,38+,39-,40?/m0/s1. The lowest BCUT2D eigenvalue weighted by Gasteiger charge is -2.62. The molecule has 2 bridgehead atoms. The van der Waals surface area contributed by atoms with Gasteiger partial charge < -0.3 is 35.2 Å². The van der Waals surface area contributed by atoms with Gasteiger partial charge in [0, 0.05) is 43.5 Å². The van der Waals surface area contributed by atoms with Crippen LogP contribution in [0.15, 0.2) is 0 Å². The third kappa shape index (κ3) is 9.15. The number of carbonyl (C=O) groups excluding carboxylic acids is 3. The average molecular weight is 789 g/mol. The van der Waals surface area contributed by atoms with Crippen LogP contribution in [0.5, 0.6) is 0 Å². The Morgan fingerprint density at radius 3 is 2.30 bits per heavy atom. The van der Waals surface area contributed by atoms with Gasteiger partial charge in [0.15, 0.2) is 0 Å². The molecule has 0 aromatic heterocycles. The van der Waals surface area contributed by atoms with Crippen LogP contribution >= 0.6 is 0 Å². The lowest BCUT2D eigenvalue weighted by Crippen LogP contribution is -2.62. The highest BCUT2D eigenvalue weighted by molar-refractivity contribution is 5.86. The zero-order valence-corrected chi connectivity index (χ0v) is 35.8. The van der Waals surface area contributed by atoms with Crippen LogP contribution in [0.1, 0.15) is 118 Å². The molecule has 1 heterocycles. The van der Waals surface area contributed by atoms with Crippen LogP contribution in [0.3, 0.4) is 0 Å². The fraction of sp³-hybridized carbons (Fsp3) is 0.932. The molecule has 2 amide bonds. The number of nitrogens with zero attached hydrogens (tertiary/aromatic N) is 2. The first-order valence-corrected chi connectivity index (χ1v) is 22.3. The second-order valence-corrected chi connectivity index (χ2v) is 19.9. The number of carbonyl (C=O) groups is 3. The Bertz CT molecular complexity index is 1340. The Morgan fingerprint density at radius 1 is 0.964 bits per heavy atom. The number of aliphatic hydroxyl groups excluding tert-OH is 2. The summed E-state index contributed by atoms with van der Waals surface area (Å²) >= 11 is 0. The molecule has 56 heavy (non-hydrogen) atoms. The number of methoxy groups -OCH3 is 2. The van der Waals surface area contributed by atoms with Gasteiger partial charge in [-0.05, 0) is 113 Å². The SMILES string of the molecule is COC(=O)[C@@H](CC1CCCCC1)NC(=O)C1CC(C2CCCC(CN3O[C@@H](CO)[C@@H]([C@H](C)O)[C@H]3C(=O)N[C@H]3C[C@H]4C[C@@H]([C@@H]3C)C4(C)C)C2OC)CC(N(C)C)C1. The van der Waals surface area contributed by atoms with E-state index in [9.17, 15) is 24.6 Å². The number of rotatable bonds is 14. The molecule has 7 rings (SSSR count). The third-order valence-electron chi connectivity index (χ3n) is 16.3. The van der Waals surface area contributed by atoms with E-state index in [2.05, 4.69) is 50.4 Å². The second kappa shape index (κ2) is 18.6. The number of aliphatic hydroxyl groups is 2. The smallest absolute Gasteiger partial charge is 0.328 e. The maximum Gasteiger partial charge on any atom is 0.328 e. The molecule has 6 unspecified atom stereocenters. The minimum Gasteiger partial charge on any atom is -0.467 e. The Balaban J connectivity index is 1.16. The molecule has 0 aromatic carbocycles. The summed E-state index contributed by atoms with van der Waals surface area (Å²) in [6.45, 7) is 8.82. The second-order valence-electron chi connectivity index (χ2n) is 19.9. The number of ether oxygens (including phenoxy) is 2. The number of hydroxylamine groups is 2. The molecule has 1 saturated heterocycles. The molecule has 320 valence electrons. The van der Waals surface area contributed by atoms with Gasteiger partial charge in [-0.1, -0.05) is 59.3 Å². The Hall–Kier alpha value is -1.83. The Kier molecular flexibility index (Phi) is 14.5. The number of nitrogens with one attached hydrogen (secondary N) is 2. The van der Waals surface area contributed by atoms with E-state index in [1.54, 1.807) is 19.1 Å². The molecule has 0 spiro atoms. The van der Waals surface area contributed by atoms with Gasteiger partial charge in [-0.15, -0.1) is 0 Å². The van der Waals surface area contributed by atoms with Crippen LogP contribution in [0.4, 0.5) is 0 Å². The van der Waals surface area contributed by atoms with Crippen molar-refractivity contribution in [3.05, 3.63) is 0 Å². The summed E-state index contributed by atoms with van der Waals surface area (Å²) in [6.07, 6.45) is 12.2. The highest BCUT2D eigenvalue weighted by Crippen LogP contribution is 2.61. The molecule has 0 aromatic rings. The van der Waals surface area contributed by atoms with Gasteiger partial charge in [-0.2, -0.15) is 5.06 Å². The number of hydrogen-bond acceptors (Lipinski definition) is 10. The lowest BCUT2D eigenvalue weighted by molar-refractivity contribution is -0.193. The minimum absolute atomic E-state index is 0.0504. The summed E-state index contributed by atoms with van der Waals surface area (Å²) in [5.41, 5.74) is 0.300. The van der Waals surface area contributed by atoms with E-state index in [1.165, 1.54) is 32.8 Å². The zero-order valence-electron chi connectivity index (χ0n) is 35.8. The molecular formula is C44H76N4O8. The molecule has 1 aliphatic heterocycles. The molecule has 6 aliphatic carbocycles. The summed E-state index contributed by atoms with van der Waals surface area (Å²) < 4.78 is 11.6.